The smallest absolute Gasteiger partial charge is 0.295 e. The average Bonchev–Trinajstić information content (AvgIpc) is 3.49. The fourth-order valence-corrected chi connectivity index (χ4v) is 4.74. The second-order valence-electron chi connectivity index (χ2n) is 7.01. The number of amides is 2. The molecular formula is C22H21ClN2O3S. The third-order valence-corrected chi connectivity index (χ3v) is 6.33. The highest BCUT2D eigenvalue weighted by Gasteiger charge is 2.37. The van der Waals surface area contributed by atoms with E-state index in [1.54, 1.807) is 36.4 Å². The van der Waals surface area contributed by atoms with Crippen molar-refractivity contribution in [1.82, 2.24) is 5.32 Å². The van der Waals surface area contributed by atoms with Crippen molar-refractivity contribution in [3.63, 3.8) is 0 Å². The molecule has 0 saturated heterocycles. The van der Waals surface area contributed by atoms with Gasteiger partial charge in [0.25, 0.3) is 5.91 Å². The molecule has 0 spiro atoms. The van der Waals surface area contributed by atoms with E-state index in [9.17, 15) is 9.59 Å². The van der Waals surface area contributed by atoms with Gasteiger partial charge in [0.15, 0.2) is 11.8 Å². The molecule has 5 nitrogen and oxygen atoms in total. The van der Waals surface area contributed by atoms with Gasteiger partial charge in [-0.25, -0.2) is 0 Å². The van der Waals surface area contributed by atoms with Crippen LogP contribution in [0.1, 0.15) is 47.2 Å². The van der Waals surface area contributed by atoms with E-state index in [2.05, 4.69) is 5.32 Å². The number of nitrogens with zero attached hydrogens (tertiary/aromatic N) is 1. The highest BCUT2D eigenvalue weighted by molar-refractivity contribution is 7.10. The molecule has 0 bridgehead atoms. The van der Waals surface area contributed by atoms with Crippen LogP contribution in [0.2, 0.25) is 5.02 Å². The van der Waals surface area contributed by atoms with Crippen molar-refractivity contribution in [3.05, 3.63) is 75.8 Å². The summed E-state index contributed by atoms with van der Waals surface area (Å²) in [6.45, 7) is 0. The van der Waals surface area contributed by atoms with Gasteiger partial charge in [-0.15, -0.1) is 11.3 Å². The lowest BCUT2D eigenvalue weighted by Gasteiger charge is -2.31. The Morgan fingerprint density at radius 2 is 1.90 bits per heavy atom. The summed E-state index contributed by atoms with van der Waals surface area (Å²) in [4.78, 5) is 29.1. The van der Waals surface area contributed by atoms with E-state index in [1.807, 2.05) is 17.5 Å². The largest absolute Gasteiger partial charge is 0.459 e. The van der Waals surface area contributed by atoms with Crippen LogP contribution in [0.4, 0.5) is 5.69 Å². The molecule has 1 aliphatic carbocycles. The predicted octanol–water partition coefficient (Wildman–Crippen LogP) is 5.44. The summed E-state index contributed by atoms with van der Waals surface area (Å²) in [6.07, 6.45) is 5.57. The third-order valence-electron chi connectivity index (χ3n) is 5.08. The number of rotatable bonds is 6. The molecule has 150 valence electrons. The van der Waals surface area contributed by atoms with Crippen LogP contribution < -0.4 is 10.2 Å². The minimum absolute atomic E-state index is 0.136. The highest BCUT2D eigenvalue weighted by atomic mass is 35.5. The van der Waals surface area contributed by atoms with Crippen molar-refractivity contribution in [2.45, 2.75) is 37.8 Å². The Hall–Kier alpha value is -2.57. The summed E-state index contributed by atoms with van der Waals surface area (Å²) < 4.78 is 5.36. The maximum absolute atomic E-state index is 13.4. The van der Waals surface area contributed by atoms with Crippen LogP contribution in [-0.2, 0) is 4.79 Å². The summed E-state index contributed by atoms with van der Waals surface area (Å²) in [5, 5.41) is 5.42. The number of furan rings is 1. The van der Waals surface area contributed by atoms with Gasteiger partial charge in [0.2, 0.25) is 5.91 Å². The van der Waals surface area contributed by atoms with Crippen LogP contribution in [0.3, 0.4) is 0 Å². The van der Waals surface area contributed by atoms with Crippen LogP contribution in [-0.4, -0.2) is 17.9 Å². The van der Waals surface area contributed by atoms with Crippen molar-refractivity contribution in [2.24, 2.45) is 0 Å². The summed E-state index contributed by atoms with van der Waals surface area (Å²) >= 11 is 7.88. The zero-order valence-electron chi connectivity index (χ0n) is 15.7. The molecule has 1 aliphatic rings. The Morgan fingerprint density at radius 3 is 2.55 bits per heavy atom. The van der Waals surface area contributed by atoms with E-state index in [0.717, 1.165) is 30.6 Å². The van der Waals surface area contributed by atoms with Crippen molar-refractivity contribution in [3.8, 4) is 0 Å². The highest BCUT2D eigenvalue weighted by Crippen LogP contribution is 2.36. The molecule has 1 fully saturated rings. The molecule has 1 saturated carbocycles. The molecular weight excluding hydrogens is 408 g/mol. The molecule has 29 heavy (non-hydrogen) atoms. The Balaban J connectivity index is 1.78. The maximum Gasteiger partial charge on any atom is 0.295 e. The van der Waals surface area contributed by atoms with Gasteiger partial charge in [0.05, 0.1) is 17.0 Å². The molecule has 1 atom stereocenters. The zero-order chi connectivity index (χ0) is 20.2. The van der Waals surface area contributed by atoms with Crippen molar-refractivity contribution in [1.29, 1.82) is 0 Å². The molecule has 1 N–H and O–H groups in total. The number of para-hydroxylation sites is 1. The predicted molar refractivity (Wildman–Crippen MR) is 114 cm³/mol. The fourth-order valence-electron chi connectivity index (χ4n) is 3.70. The summed E-state index contributed by atoms with van der Waals surface area (Å²) in [5.41, 5.74) is 0.468. The van der Waals surface area contributed by atoms with Gasteiger partial charge in [-0.1, -0.05) is 42.6 Å². The molecule has 0 radical (unpaired) electrons. The first-order valence-electron chi connectivity index (χ1n) is 9.60. The molecule has 0 aliphatic heterocycles. The number of carbonyl (C=O) groups is 2. The second-order valence-corrected chi connectivity index (χ2v) is 8.40. The number of carbonyl (C=O) groups excluding carboxylic acids is 2. The molecule has 2 amide bonds. The first-order valence-corrected chi connectivity index (χ1v) is 10.9. The molecule has 1 aromatic carbocycles. The van der Waals surface area contributed by atoms with E-state index in [1.165, 1.54) is 22.5 Å². The van der Waals surface area contributed by atoms with Gasteiger partial charge < -0.3 is 9.73 Å². The number of thiophene rings is 1. The monoisotopic (exact) mass is 428 g/mol. The van der Waals surface area contributed by atoms with Crippen LogP contribution in [0.25, 0.3) is 0 Å². The third kappa shape index (κ3) is 4.23. The van der Waals surface area contributed by atoms with Gasteiger partial charge >= 0.3 is 0 Å². The molecule has 2 heterocycles. The Morgan fingerprint density at radius 1 is 1.10 bits per heavy atom. The maximum atomic E-state index is 13.4. The number of hydrogen-bond acceptors (Lipinski definition) is 4. The van der Waals surface area contributed by atoms with Crippen molar-refractivity contribution in [2.75, 3.05) is 4.90 Å². The summed E-state index contributed by atoms with van der Waals surface area (Å²) in [5.74, 6) is -0.470. The Kier molecular flexibility index (Phi) is 6.02. The fraction of sp³-hybridized carbons (Fsp3) is 0.273. The van der Waals surface area contributed by atoms with E-state index < -0.39 is 11.9 Å². The normalized spacial score (nSPS) is 15.2. The average molecular weight is 429 g/mol. The van der Waals surface area contributed by atoms with Crippen LogP contribution >= 0.6 is 22.9 Å². The molecule has 2 aromatic heterocycles. The van der Waals surface area contributed by atoms with Gasteiger partial charge in [-0.05, 0) is 48.6 Å². The lowest BCUT2D eigenvalue weighted by atomic mass is 10.1. The second kappa shape index (κ2) is 8.84. The number of anilines is 1. The minimum Gasteiger partial charge on any atom is -0.459 e. The zero-order valence-corrected chi connectivity index (χ0v) is 17.3. The van der Waals surface area contributed by atoms with Crippen LogP contribution in [0, 0.1) is 0 Å². The number of benzene rings is 1. The molecule has 7 heteroatoms. The lowest BCUT2D eigenvalue weighted by molar-refractivity contribution is -0.123. The number of hydrogen-bond donors (Lipinski definition) is 1. The lowest BCUT2D eigenvalue weighted by Crippen LogP contribution is -2.46. The van der Waals surface area contributed by atoms with Crippen LogP contribution in [0.5, 0.6) is 0 Å². The Labute approximate surface area is 178 Å². The van der Waals surface area contributed by atoms with E-state index in [0.29, 0.717) is 10.7 Å². The first kappa shape index (κ1) is 19.7. The minimum atomic E-state index is -0.840. The van der Waals surface area contributed by atoms with Gasteiger partial charge in [-0.2, -0.15) is 0 Å². The topological polar surface area (TPSA) is 62.6 Å². The van der Waals surface area contributed by atoms with Crippen LogP contribution in [0.15, 0.2) is 64.6 Å². The van der Waals surface area contributed by atoms with E-state index in [-0.39, 0.29) is 17.7 Å². The van der Waals surface area contributed by atoms with Crippen molar-refractivity contribution < 1.29 is 14.0 Å². The standard InChI is InChI=1S/C22H21ClN2O3S/c23-16-9-3-4-10-17(16)25(22(27)18-11-5-13-28-18)20(19-12-6-14-29-19)21(26)24-15-7-1-2-8-15/h3-6,9-15,20H,1-2,7-8H2,(H,24,26). The quantitative estimate of drug-likeness (QED) is 0.568. The van der Waals surface area contributed by atoms with Gasteiger partial charge in [-0.3, -0.25) is 14.5 Å². The van der Waals surface area contributed by atoms with Gasteiger partial charge in [0.1, 0.15) is 0 Å². The summed E-state index contributed by atoms with van der Waals surface area (Å²) in [6, 6.07) is 13.3. The van der Waals surface area contributed by atoms with Crippen molar-refractivity contribution >= 4 is 40.4 Å². The Bertz CT molecular complexity index is 966. The molecule has 3 aromatic rings. The van der Waals surface area contributed by atoms with E-state index in [4.69, 9.17) is 16.0 Å². The van der Waals surface area contributed by atoms with Gasteiger partial charge in [0, 0.05) is 10.9 Å². The first-order chi connectivity index (χ1) is 14.1. The summed E-state index contributed by atoms with van der Waals surface area (Å²) in [7, 11) is 0. The number of halogens is 1. The number of nitrogens with one attached hydrogen (secondary N) is 1. The molecule has 1 unspecified atom stereocenters. The SMILES string of the molecule is O=C(NC1CCCC1)C(c1cccs1)N(C(=O)c1ccco1)c1ccccc1Cl. The molecule has 4 rings (SSSR count). The van der Waals surface area contributed by atoms with E-state index >= 15 is 0 Å².